The number of halogens is 1. The molecule has 3 atom stereocenters. The molecule has 1 heterocycles. The Morgan fingerprint density at radius 2 is 1.96 bits per heavy atom. The molecule has 5 nitrogen and oxygen atoms in total. The normalized spacial score (nSPS) is 25.4. The van der Waals surface area contributed by atoms with Gasteiger partial charge in [0, 0.05) is 6.61 Å². The van der Waals surface area contributed by atoms with Crippen molar-refractivity contribution in [2.24, 2.45) is 0 Å². The molecule has 134 valence electrons. The van der Waals surface area contributed by atoms with Crippen molar-refractivity contribution < 1.29 is 23.4 Å². The number of carbonyl (C=O) groups is 1. The second-order valence-corrected chi connectivity index (χ2v) is 12.1. The van der Waals surface area contributed by atoms with E-state index in [9.17, 15) is 4.79 Å². The molecular weight excluding hydrogens is 336 g/mol. The smallest absolute Gasteiger partial charge is 0.321 e. The molecular formula is C16H29ClO5Si. The highest BCUT2D eigenvalue weighted by molar-refractivity contribution is 6.74. The van der Waals surface area contributed by atoms with Gasteiger partial charge < -0.3 is 18.6 Å². The lowest BCUT2D eigenvalue weighted by molar-refractivity contribution is -0.189. The van der Waals surface area contributed by atoms with Gasteiger partial charge >= 0.3 is 5.97 Å². The van der Waals surface area contributed by atoms with E-state index in [1.54, 1.807) is 12.2 Å². The summed E-state index contributed by atoms with van der Waals surface area (Å²) in [7, 11) is -1.92. The van der Waals surface area contributed by atoms with Crippen LogP contribution in [-0.2, 0) is 23.4 Å². The Morgan fingerprint density at radius 1 is 1.30 bits per heavy atom. The van der Waals surface area contributed by atoms with Gasteiger partial charge in [-0.25, -0.2) is 0 Å². The summed E-state index contributed by atoms with van der Waals surface area (Å²) in [5.41, 5.74) is 0. The molecule has 1 rings (SSSR count). The van der Waals surface area contributed by atoms with E-state index in [0.717, 1.165) is 0 Å². The van der Waals surface area contributed by atoms with E-state index in [2.05, 4.69) is 33.9 Å². The number of hydrogen-bond acceptors (Lipinski definition) is 5. The minimum Gasteiger partial charge on any atom is -0.454 e. The quantitative estimate of drug-likeness (QED) is 0.299. The summed E-state index contributed by atoms with van der Waals surface area (Å²) in [6.45, 7) is 13.7. The van der Waals surface area contributed by atoms with Crippen LogP contribution in [0.25, 0.3) is 0 Å². The molecule has 0 aromatic rings. The number of alkyl halides is 1. The summed E-state index contributed by atoms with van der Waals surface area (Å²) in [6.07, 6.45) is 2.17. The molecule has 0 N–H and O–H groups in total. The third kappa shape index (κ3) is 6.19. The first-order valence-corrected chi connectivity index (χ1v) is 11.4. The molecule has 0 spiro atoms. The zero-order valence-corrected chi connectivity index (χ0v) is 16.7. The van der Waals surface area contributed by atoms with Crippen LogP contribution in [0.15, 0.2) is 12.2 Å². The summed E-state index contributed by atoms with van der Waals surface area (Å²) >= 11 is 5.52. The summed E-state index contributed by atoms with van der Waals surface area (Å²) < 4.78 is 22.9. The lowest BCUT2D eigenvalue weighted by atomic mass is 10.1. The Balaban J connectivity index is 2.76. The first kappa shape index (κ1) is 20.6. The average Bonchev–Trinajstić information content (AvgIpc) is 2.46. The molecule has 0 unspecified atom stereocenters. The standard InChI is InChI=1S/C16H29ClO5Si/c1-7-19-15-9-8-12(21-14(18)10-17)13(22-15)11-20-23(5,6)16(2,3)4/h8-9,12-13,15H,7,10-11H2,1-6H3/t12-,13-,15-/m1/s1. The van der Waals surface area contributed by atoms with E-state index in [-0.39, 0.29) is 10.9 Å². The third-order valence-electron chi connectivity index (χ3n) is 4.26. The number of carbonyl (C=O) groups excluding carboxylic acids is 1. The summed E-state index contributed by atoms with van der Waals surface area (Å²) in [5, 5.41) is 0.0964. The van der Waals surface area contributed by atoms with Crippen LogP contribution < -0.4 is 0 Å². The third-order valence-corrected chi connectivity index (χ3v) is 8.97. The van der Waals surface area contributed by atoms with Crippen LogP contribution >= 0.6 is 11.6 Å². The fraction of sp³-hybridized carbons (Fsp3) is 0.812. The summed E-state index contributed by atoms with van der Waals surface area (Å²) in [5.74, 6) is -0.660. The van der Waals surface area contributed by atoms with Crippen LogP contribution in [-0.4, -0.2) is 51.9 Å². The van der Waals surface area contributed by atoms with E-state index in [1.807, 2.05) is 6.92 Å². The van der Waals surface area contributed by atoms with Crippen LogP contribution in [0.3, 0.4) is 0 Å². The number of rotatable bonds is 7. The Kier molecular flexibility index (Phi) is 7.74. The van der Waals surface area contributed by atoms with Crippen molar-refractivity contribution in [3.05, 3.63) is 12.2 Å². The first-order valence-electron chi connectivity index (χ1n) is 7.95. The first-order chi connectivity index (χ1) is 10.6. The van der Waals surface area contributed by atoms with E-state index < -0.39 is 32.8 Å². The van der Waals surface area contributed by atoms with Gasteiger partial charge in [-0.1, -0.05) is 20.8 Å². The van der Waals surface area contributed by atoms with Crippen molar-refractivity contribution in [3.63, 3.8) is 0 Å². The minimum atomic E-state index is -1.92. The van der Waals surface area contributed by atoms with Crippen LogP contribution in [0.1, 0.15) is 27.7 Å². The van der Waals surface area contributed by atoms with Gasteiger partial charge in [-0.15, -0.1) is 11.6 Å². The average molecular weight is 365 g/mol. The molecule has 0 amide bonds. The molecule has 0 radical (unpaired) electrons. The van der Waals surface area contributed by atoms with Gasteiger partial charge in [0.25, 0.3) is 0 Å². The SMILES string of the molecule is CCO[C@H]1C=C[C@@H](OC(=O)CCl)[C@@H](CO[Si](C)(C)C(C)(C)C)O1. The van der Waals surface area contributed by atoms with Crippen molar-refractivity contribution in [3.8, 4) is 0 Å². The molecule has 7 heteroatoms. The monoisotopic (exact) mass is 364 g/mol. The predicted octanol–water partition coefficient (Wildman–Crippen LogP) is 3.48. The second kappa shape index (κ2) is 8.62. The molecule has 1 aliphatic heterocycles. The molecule has 0 saturated carbocycles. The largest absolute Gasteiger partial charge is 0.454 e. The van der Waals surface area contributed by atoms with Crippen LogP contribution in [0, 0.1) is 0 Å². The zero-order valence-electron chi connectivity index (χ0n) is 14.9. The summed E-state index contributed by atoms with van der Waals surface area (Å²) in [6, 6.07) is 0. The molecule has 0 saturated heterocycles. The zero-order chi connectivity index (χ0) is 17.7. The van der Waals surface area contributed by atoms with Crippen molar-refractivity contribution in [1.29, 1.82) is 0 Å². The maximum Gasteiger partial charge on any atom is 0.321 e. The van der Waals surface area contributed by atoms with Crippen molar-refractivity contribution in [1.82, 2.24) is 0 Å². The Hall–Kier alpha value is -0.403. The van der Waals surface area contributed by atoms with E-state index >= 15 is 0 Å². The topological polar surface area (TPSA) is 54.0 Å². The van der Waals surface area contributed by atoms with E-state index in [4.69, 9.17) is 30.2 Å². The highest BCUT2D eigenvalue weighted by atomic mass is 35.5. The molecule has 0 bridgehead atoms. The maximum absolute atomic E-state index is 11.5. The molecule has 0 fully saturated rings. The van der Waals surface area contributed by atoms with Gasteiger partial charge in [0.1, 0.15) is 18.1 Å². The van der Waals surface area contributed by atoms with E-state index in [1.165, 1.54) is 0 Å². The highest BCUT2D eigenvalue weighted by Crippen LogP contribution is 2.37. The fourth-order valence-electron chi connectivity index (χ4n) is 1.82. The maximum atomic E-state index is 11.5. The number of hydrogen-bond donors (Lipinski definition) is 0. The van der Waals surface area contributed by atoms with Gasteiger partial charge in [0.05, 0.1) is 6.61 Å². The molecule has 0 aromatic heterocycles. The fourth-order valence-corrected chi connectivity index (χ4v) is 2.89. The Bertz CT molecular complexity index is 419. The van der Waals surface area contributed by atoms with Gasteiger partial charge in [-0.3, -0.25) is 4.79 Å². The van der Waals surface area contributed by atoms with Crippen LogP contribution in [0.5, 0.6) is 0 Å². The lowest BCUT2D eigenvalue weighted by Gasteiger charge is -2.39. The Morgan fingerprint density at radius 3 is 2.48 bits per heavy atom. The molecule has 0 aromatic carbocycles. The predicted molar refractivity (Wildman–Crippen MR) is 93.2 cm³/mol. The minimum absolute atomic E-state index is 0.0964. The number of esters is 1. The van der Waals surface area contributed by atoms with Crippen LogP contribution in [0.2, 0.25) is 18.1 Å². The second-order valence-electron chi connectivity index (χ2n) is 7.04. The van der Waals surface area contributed by atoms with Gasteiger partial charge in [0.15, 0.2) is 14.6 Å². The van der Waals surface area contributed by atoms with Gasteiger partial charge in [0.2, 0.25) is 0 Å². The Labute approximate surface area is 145 Å². The van der Waals surface area contributed by atoms with Gasteiger partial charge in [-0.05, 0) is 37.2 Å². The lowest BCUT2D eigenvalue weighted by Crippen LogP contribution is -2.47. The van der Waals surface area contributed by atoms with Crippen molar-refractivity contribution >= 4 is 25.9 Å². The molecule has 0 aliphatic carbocycles. The highest BCUT2D eigenvalue weighted by Gasteiger charge is 2.39. The van der Waals surface area contributed by atoms with Crippen molar-refractivity contribution in [2.45, 2.75) is 64.3 Å². The summed E-state index contributed by atoms with van der Waals surface area (Å²) in [4.78, 5) is 11.5. The van der Waals surface area contributed by atoms with Crippen molar-refractivity contribution in [2.75, 3.05) is 19.1 Å². The van der Waals surface area contributed by atoms with Crippen LogP contribution in [0.4, 0.5) is 0 Å². The number of ether oxygens (including phenoxy) is 3. The van der Waals surface area contributed by atoms with E-state index in [0.29, 0.717) is 13.2 Å². The molecule has 1 aliphatic rings. The molecule has 23 heavy (non-hydrogen) atoms. The van der Waals surface area contributed by atoms with Gasteiger partial charge in [-0.2, -0.15) is 0 Å².